The summed E-state index contributed by atoms with van der Waals surface area (Å²) in [5.41, 5.74) is 17.3. The summed E-state index contributed by atoms with van der Waals surface area (Å²) in [4.78, 5) is 2.47. The van der Waals surface area contributed by atoms with Gasteiger partial charge in [-0.05, 0) is 120 Å². The third-order valence-electron chi connectivity index (χ3n) is 13.1. The average Bonchev–Trinajstić information content (AvgIpc) is 3.81. The lowest BCUT2D eigenvalue weighted by molar-refractivity contribution is 0.660. The number of benzene rings is 10. The van der Waals surface area contributed by atoms with Crippen molar-refractivity contribution in [3.05, 3.63) is 223 Å². The van der Waals surface area contributed by atoms with Crippen LogP contribution in [0.1, 0.15) is 25.0 Å². The standard InChI is InChI=1S/C59H41NO/c1-59(2)52-22-12-10-20-48(52)49-33-32-44(37-53(49)59)60(43-30-28-41(29-31-43)40-26-24-39(25-27-40)38-14-4-3-5-15-38)54-34-35-56-58(50-21-11-13-23-55(50)61-56)57(54)51-36-42-16-6-7-17-45(42)46-18-8-9-19-47(46)51/h3-37H,1-2H3. The predicted octanol–water partition coefficient (Wildman–Crippen LogP) is 16.7. The first kappa shape index (κ1) is 35.3. The Hall–Kier alpha value is -7.68. The lowest BCUT2D eigenvalue weighted by Crippen LogP contribution is -2.17. The van der Waals surface area contributed by atoms with Crippen molar-refractivity contribution in [1.29, 1.82) is 0 Å². The Bertz CT molecular complexity index is 3480. The number of furan rings is 1. The third-order valence-corrected chi connectivity index (χ3v) is 13.1. The van der Waals surface area contributed by atoms with Crippen LogP contribution in [0.25, 0.3) is 88.0 Å². The van der Waals surface area contributed by atoms with Crippen molar-refractivity contribution in [2.24, 2.45) is 0 Å². The van der Waals surface area contributed by atoms with E-state index in [-0.39, 0.29) is 5.41 Å². The Kier molecular flexibility index (Phi) is 7.92. The van der Waals surface area contributed by atoms with Crippen LogP contribution in [0.15, 0.2) is 217 Å². The molecule has 0 fully saturated rings. The molecule has 1 aliphatic carbocycles. The average molecular weight is 780 g/mol. The highest BCUT2D eigenvalue weighted by molar-refractivity contribution is 6.22. The first-order chi connectivity index (χ1) is 30.0. The van der Waals surface area contributed by atoms with Gasteiger partial charge in [0.2, 0.25) is 0 Å². The summed E-state index contributed by atoms with van der Waals surface area (Å²) in [7, 11) is 0. The largest absolute Gasteiger partial charge is 0.456 e. The summed E-state index contributed by atoms with van der Waals surface area (Å²) in [5.74, 6) is 0. The minimum absolute atomic E-state index is 0.161. The van der Waals surface area contributed by atoms with E-state index < -0.39 is 0 Å². The summed E-state index contributed by atoms with van der Waals surface area (Å²) in [6.45, 7) is 4.72. The molecule has 0 aliphatic heterocycles. The molecule has 0 amide bonds. The molecule has 12 rings (SSSR count). The molecule has 1 aromatic heterocycles. The zero-order valence-corrected chi connectivity index (χ0v) is 34.1. The van der Waals surface area contributed by atoms with Crippen molar-refractivity contribution in [2.75, 3.05) is 4.90 Å². The van der Waals surface area contributed by atoms with Crippen molar-refractivity contribution in [2.45, 2.75) is 19.3 Å². The van der Waals surface area contributed by atoms with Gasteiger partial charge in [-0.15, -0.1) is 0 Å². The SMILES string of the molecule is CC1(C)c2ccccc2-c2ccc(N(c3ccc(-c4ccc(-c5ccccc5)cc4)cc3)c3ccc4oc5ccccc5c4c3-c3cc4ccccc4c4ccccc34)cc21. The van der Waals surface area contributed by atoms with E-state index in [1.165, 1.54) is 71.6 Å². The number of nitrogens with zero attached hydrogens (tertiary/aromatic N) is 1. The summed E-state index contributed by atoms with van der Waals surface area (Å²) in [5, 5.41) is 7.11. The van der Waals surface area contributed by atoms with Gasteiger partial charge in [-0.1, -0.05) is 178 Å². The molecular formula is C59H41NO. The zero-order chi connectivity index (χ0) is 40.7. The van der Waals surface area contributed by atoms with Crippen LogP contribution in [0.4, 0.5) is 17.1 Å². The molecule has 0 N–H and O–H groups in total. The van der Waals surface area contributed by atoms with E-state index in [2.05, 4.69) is 231 Å². The lowest BCUT2D eigenvalue weighted by Gasteiger charge is -2.30. The van der Waals surface area contributed by atoms with Gasteiger partial charge in [0.15, 0.2) is 0 Å². The van der Waals surface area contributed by atoms with Crippen molar-refractivity contribution >= 4 is 60.5 Å². The molecule has 11 aromatic rings. The van der Waals surface area contributed by atoms with E-state index in [0.717, 1.165) is 44.6 Å². The Morgan fingerprint density at radius 1 is 0.377 bits per heavy atom. The molecule has 0 spiro atoms. The van der Waals surface area contributed by atoms with Gasteiger partial charge in [0.05, 0.1) is 5.69 Å². The topological polar surface area (TPSA) is 16.4 Å². The molecular weight excluding hydrogens is 739 g/mol. The van der Waals surface area contributed by atoms with Crippen LogP contribution in [-0.4, -0.2) is 0 Å². The Labute approximate surface area is 355 Å². The van der Waals surface area contributed by atoms with Gasteiger partial charge in [-0.2, -0.15) is 0 Å². The van der Waals surface area contributed by atoms with Gasteiger partial charge in [0, 0.05) is 33.1 Å². The highest BCUT2D eigenvalue weighted by Crippen LogP contribution is 2.53. The number of hydrogen-bond acceptors (Lipinski definition) is 2. The smallest absolute Gasteiger partial charge is 0.136 e. The second-order valence-corrected chi connectivity index (χ2v) is 16.8. The monoisotopic (exact) mass is 779 g/mol. The third kappa shape index (κ3) is 5.56. The maximum absolute atomic E-state index is 6.67. The molecule has 0 bridgehead atoms. The van der Waals surface area contributed by atoms with Gasteiger partial charge in [-0.3, -0.25) is 0 Å². The summed E-state index contributed by atoms with van der Waals surface area (Å²) < 4.78 is 6.67. The summed E-state index contributed by atoms with van der Waals surface area (Å²) in [6, 6.07) is 77.5. The van der Waals surface area contributed by atoms with Crippen molar-refractivity contribution in [3.8, 4) is 44.5 Å². The van der Waals surface area contributed by atoms with Crippen LogP contribution in [0.5, 0.6) is 0 Å². The number of hydrogen-bond donors (Lipinski definition) is 0. The van der Waals surface area contributed by atoms with E-state index in [9.17, 15) is 0 Å². The molecule has 0 unspecified atom stereocenters. The van der Waals surface area contributed by atoms with Crippen molar-refractivity contribution in [3.63, 3.8) is 0 Å². The van der Waals surface area contributed by atoms with E-state index in [1.54, 1.807) is 0 Å². The Morgan fingerprint density at radius 3 is 1.72 bits per heavy atom. The fraction of sp³-hybridized carbons (Fsp3) is 0.0508. The molecule has 288 valence electrons. The number of fused-ring (bicyclic) bond motifs is 9. The van der Waals surface area contributed by atoms with E-state index in [4.69, 9.17) is 4.42 Å². The molecule has 1 aliphatic rings. The minimum atomic E-state index is -0.161. The summed E-state index contributed by atoms with van der Waals surface area (Å²) in [6.07, 6.45) is 0. The van der Waals surface area contributed by atoms with E-state index in [0.29, 0.717) is 0 Å². The second kappa shape index (κ2) is 13.7. The van der Waals surface area contributed by atoms with Crippen LogP contribution in [0, 0.1) is 0 Å². The van der Waals surface area contributed by atoms with Crippen LogP contribution in [-0.2, 0) is 5.41 Å². The Balaban J connectivity index is 1.11. The molecule has 0 radical (unpaired) electrons. The molecule has 61 heavy (non-hydrogen) atoms. The fourth-order valence-corrected chi connectivity index (χ4v) is 10.1. The van der Waals surface area contributed by atoms with Gasteiger partial charge >= 0.3 is 0 Å². The zero-order valence-electron chi connectivity index (χ0n) is 34.1. The fourth-order valence-electron chi connectivity index (χ4n) is 10.1. The van der Waals surface area contributed by atoms with Crippen LogP contribution in [0.2, 0.25) is 0 Å². The molecule has 1 heterocycles. The maximum Gasteiger partial charge on any atom is 0.136 e. The highest BCUT2D eigenvalue weighted by Gasteiger charge is 2.36. The quantitative estimate of drug-likeness (QED) is 0.156. The van der Waals surface area contributed by atoms with Crippen molar-refractivity contribution in [1.82, 2.24) is 0 Å². The molecule has 0 saturated carbocycles. The van der Waals surface area contributed by atoms with Crippen LogP contribution < -0.4 is 4.90 Å². The van der Waals surface area contributed by atoms with E-state index >= 15 is 0 Å². The van der Waals surface area contributed by atoms with Gasteiger partial charge in [0.25, 0.3) is 0 Å². The van der Waals surface area contributed by atoms with Gasteiger partial charge < -0.3 is 9.32 Å². The number of anilines is 3. The number of rotatable bonds is 6. The molecule has 10 aromatic carbocycles. The first-order valence-electron chi connectivity index (χ1n) is 21.2. The van der Waals surface area contributed by atoms with Gasteiger partial charge in [-0.25, -0.2) is 0 Å². The van der Waals surface area contributed by atoms with Crippen molar-refractivity contribution < 1.29 is 4.42 Å². The molecule has 0 atom stereocenters. The van der Waals surface area contributed by atoms with E-state index in [1.807, 2.05) is 0 Å². The van der Waals surface area contributed by atoms with Crippen LogP contribution in [0.3, 0.4) is 0 Å². The molecule has 2 nitrogen and oxygen atoms in total. The first-order valence-corrected chi connectivity index (χ1v) is 21.2. The number of para-hydroxylation sites is 1. The second-order valence-electron chi connectivity index (χ2n) is 16.8. The summed E-state index contributed by atoms with van der Waals surface area (Å²) >= 11 is 0. The van der Waals surface area contributed by atoms with Gasteiger partial charge in [0.1, 0.15) is 11.2 Å². The highest BCUT2D eigenvalue weighted by atomic mass is 16.3. The normalized spacial score (nSPS) is 12.9. The minimum Gasteiger partial charge on any atom is -0.456 e. The molecule has 2 heteroatoms. The Morgan fingerprint density at radius 2 is 0.951 bits per heavy atom. The lowest BCUT2D eigenvalue weighted by atomic mass is 9.82. The predicted molar refractivity (Wildman–Crippen MR) is 257 cm³/mol. The van der Waals surface area contributed by atoms with Crippen LogP contribution >= 0.6 is 0 Å². The molecule has 0 saturated heterocycles. The maximum atomic E-state index is 6.67.